The molecule has 0 aromatic heterocycles. The van der Waals surface area contributed by atoms with Gasteiger partial charge in [-0.05, 0) is 107 Å². The Balaban J connectivity index is 1.56. The minimum Gasteiger partial charge on any atom is -0.282 e. The molecule has 63 heavy (non-hydrogen) atoms. The third-order valence-electron chi connectivity index (χ3n) is 10.4. The summed E-state index contributed by atoms with van der Waals surface area (Å²) in [4.78, 5) is -1.20. The van der Waals surface area contributed by atoms with E-state index in [2.05, 4.69) is 0 Å². The molecule has 0 saturated carbocycles. The molecule has 2 N–H and O–H groups in total. The molecular weight excluding hydrogens is 911 g/mol. The Bertz CT molecular complexity index is 2830. The standard InChI is InChI=1S/C43H51N3O12S5/c1-32-6-14-39(15-7-32)59(47,48)44(24-22-37-30-35(4)12-20-42(37)62(53,54)55)26-28-46(61(51,52)41-18-10-34(3)11-19-41)29-27-45(60(49,50)40-16-8-33(2)9-17-40)25-23-38-31-36(5)13-21-43(38)63(56,57)58/h6-21,30-31H,22-29H2,1-5H3,(H,53,54,55)(H,56,57,58). The first-order valence-corrected chi connectivity index (χ1v) is 26.8. The lowest BCUT2D eigenvalue weighted by molar-refractivity contribution is 0.317. The molecule has 0 heterocycles. The SMILES string of the molecule is Cc1ccc(S(=O)(=O)N(CCc2cc(C)ccc2S(=O)(=O)O)CCN(CCN(CCc2cc(C)ccc2S(=O)(=O)O)S(=O)(=O)c2ccc(C)cc2)S(=O)(=O)c2ccc(C)cc2)cc1. The lowest BCUT2D eigenvalue weighted by Gasteiger charge is -2.30. The van der Waals surface area contributed by atoms with Gasteiger partial charge in [0.15, 0.2) is 0 Å². The molecule has 0 radical (unpaired) electrons. The van der Waals surface area contributed by atoms with Gasteiger partial charge in [0.1, 0.15) is 0 Å². The van der Waals surface area contributed by atoms with E-state index in [0.29, 0.717) is 11.1 Å². The fraction of sp³-hybridized carbons (Fsp3) is 0.302. The van der Waals surface area contributed by atoms with Gasteiger partial charge >= 0.3 is 0 Å². The van der Waals surface area contributed by atoms with Gasteiger partial charge in [0.25, 0.3) is 20.2 Å². The van der Waals surface area contributed by atoms with Crippen LogP contribution in [0.2, 0.25) is 0 Å². The van der Waals surface area contributed by atoms with Crippen molar-refractivity contribution in [3.05, 3.63) is 148 Å². The Hall–Kier alpha value is -4.35. The number of nitrogens with zero attached hydrogens (tertiary/aromatic N) is 3. The third-order valence-corrected chi connectivity index (χ3v) is 18.1. The summed E-state index contributed by atoms with van der Waals surface area (Å²) in [5.41, 5.74) is 3.85. The fourth-order valence-electron chi connectivity index (χ4n) is 6.88. The van der Waals surface area contributed by atoms with Crippen LogP contribution in [0.4, 0.5) is 0 Å². The normalized spacial score (nSPS) is 13.0. The maximum Gasteiger partial charge on any atom is 0.294 e. The fourth-order valence-corrected chi connectivity index (χ4v) is 12.6. The van der Waals surface area contributed by atoms with Crippen molar-refractivity contribution < 1.29 is 51.2 Å². The van der Waals surface area contributed by atoms with Crippen molar-refractivity contribution in [1.82, 2.24) is 12.9 Å². The molecule has 5 aromatic rings. The first-order valence-electron chi connectivity index (χ1n) is 19.6. The topological polar surface area (TPSA) is 221 Å². The number of sulfonamides is 3. The molecule has 15 nitrogen and oxygen atoms in total. The van der Waals surface area contributed by atoms with Gasteiger partial charge in [-0.15, -0.1) is 0 Å². The number of rotatable bonds is 20. The van der Waals surface area contributed by atoms with Crippen molar-refractivity contribution in [3.8, 4) is 0 Å². The van der Waals surface area contributed by atoms with E-state index in [1.807, 2.05) is 0 Å². The lowest BCUT2D eigenvalue weighted by atomic mass is 10.1. The number of aryl methyl sites for hydroxylation is 5. The van der Waals surface area contributed by atoms with Gasteiger partial charge in [0.05, 0.1) is 24.5 Å². The van der Waals surface area contributed by atoms with Gasteiger partial charge in [-0.3, -0.25) is 9.11 Å². The summed E-state index contributed by atoms with van der Waals surface area (Å²) in [6.07, 6.45) is -0.390. The van der Waals surface area contributed by atoms with Crippen LogP contribution in [0.3, 0.4) is 0 Å². The maximum atomic E-state index is 14.5. The number of hydrogen-bond acceptors (Lipinski definition) is 10. The Kier molecular flexibility index (Phi) is 15.6. The van der Waals surface area contributed by atoms with Crippen LogP contribution in [0.5, 0.6) is 0 Å². The number of hydrogen-bond donors (Lipinski definition) is 2. The van der Waals surface area contributed by atoms with Crippen molar-refractivity contribution in [3.63, 3.8) is 0 Å². The average molecular weight is 962 g/mol. The molecule has 5 rings (SSSR count). The van der Waals surface area contributed by atoms with Crippen LogP contribution in [0, 0.1) is 34.6 Å². The van der Waals surface area contributed by atoms with E-state index < -0.39 is 86.3 Å². The van der Waals surface area contributed by atoms with Crippen LogP contribution in [0.1, 0.15) is 38.9 Å². The van der Waals surface area contributed by atoms with E-state index in [4.69, 9.17) is 0 Å². The van der Waals surface area contributed by atoms with E-state index in [-0.39, 0.29) is 51.7 Å². The Morgan fingerprint density at radius 2 is 0.587 bits per heavy atom. The van der Waals surface area contributed by atoms with E-state index in [9.17, 15) is 51.2 Å². The Morgan fingerprint density at radius 1 is 0.349 bits per heavy atom. The Labute approximate surface area is 371 Å². The zero-order chi connectivity index (χ0) is 46.5. The minimum absolute atomic E-state index is 0.115. The lowest BCUT2D eigenvalue weighted by Crippen LogP contribution is -2.45. The van der Waals surface area contributed by atoms with Crippen LogP contribution < -0.4 is 0 Å². The highest BCUT2D eigenvalue weighted by Gasteiger charge is 2.32. The van der Waals surface area contributed by atoms with Crippen LogP contribution in [0.25, 0.3) is 0 Å². The van der Waals surface area contributed by atoms with E-state index in [0.717, 1.165) is 29.6 Å². The van der Waals surface area contributed by atoms with Crippen molar-refractivity contribution in [2.75, 3.05) is 39.3 Å². The van der Waals surface area contributed by atoms with Gasteiger partial charge in [-0.2, -0.15) is 29.8 Å². The van der Waals surface area contributed by atoms with Crippen LogP contribution in [-0.4, -0.2) is 103 Å². The largest absolute Gasteiger partial charge is 0.294 e. The molecular formula is C43H51N3O12S5. The van der Waals surface area contributed by atoms with Gasteiger partial charge < -0.3 is 0 Å². The van der Waals surface area contributed by atoms with Crippen molar-refractivity contribution in [1.29, 1.82) is 0 Å². The van der Waals surface area contributed by atoms with Crippen LogP contribution in [-0.2, 0) is 63.1 Å². The minimum atomic E-state index is -4.71. The van der Waals surface area contributed by atoms with E-state index in [1.165, 1.54) is 72.8 Å². The van der Waals surface area contributed by atoms with Crippen LogP contribution in [0.15, 0.2) is 134 Å². The van der Waals surface area contributed by atoms with Gasteiger partial charge in [0, 0.05) is 39.3 Å². The van der Waals surface area contributed by atoms with Gasteiger partial charge in [-0.25, -0.2) is 25.3 Å². The summed E-state index contributed by atoms with van der Waals surface area (Å²) < 4.78 is 159. The molecule has 0 unspecified atom stereocenters. The van der Waals surface area contributed by atoms with Crippen molar-refractivity contribution in [2.45, 2.75) is 71.9 Å². The summed E-state index contributed by atoms with van der Waals surface area (Å²) in [6, 6.07) is 26.3. The molecule has 340 valence electrons. The van der Waals surface area contributed by atoms with Crippen molar-refractivity contribution >= 4 is 50.3 Å². The van der Waals surface area contributed by atoms with E-state index in [1.54, 1.807) is 71.0 Å². The molecule has 5 aromatic carbocycles. The molecule has 0 saturated heterocycles. The predicted molar refractivity (Wildman–Crippen MR) is 239 cm³/mol. The first kappa shape index (κ1) is 49.7. The van der Waals surface area contributed by atoms with Crippen LogP contribution >= 0.6 is 0 Å². The smallest absolute Gasteiger partial charge is 0.282 e. The predicted octanol–water partition coefficient (Wildman–Crippen LogP) is 5.58. The molecule has 0 atom stereocenters. The second-order valence-corrected chi connectivity index (χ2v) is 23.9. The summed E-state index contributed by atoms with van der Waals surface area (Å²) in [5, 5.41) is 0. The molecule has 0 aliphatic heterocycles. The monoisotopic (exact) mass is 961 g/mol. The Morgan fingerprint density at radius 3 is 0.841 bits per heavy atom. The highest BCUT2D eigenvalue weighted by molar-refractivity contribution is 7.90. The first-order chi connectivity index (χ1) is 29.3. The highest BCUT2D eigenvalue weighted by Crippen LogP contribution is 2.25. The van der Waals surface area contributed by atoms with Gasteiger partial charge in [0.2, 0.25) is 30.1 Å². The molecule has 20 heteroatoms. The zero-order valence-corrected chi connectivity index (χ0v) is 39.5. The molecule has 0 aliphatic rings. The molecule has 0 amide bonds. The van der Waals surface area contributed by atoms with Gasteiger partial charge in [-0.1, -0.05) is 88.5 Å². The zero-order valence-electron chi connectivity index (χ0n) is 35.4. The molecule has 0 aliphatic carbocycles. The number of benzene rings is 5. The second-order valence-electron chi connectivity index (χ2n) is 15.3. The molecule has 0 fully saturated rings. The summed E-state index contributed by atoms with van der Waals surface area (Å²) in [6.45, 7) is 6.07. The highest BCUT2D eigenvalue weighted by atomic mass is 32.2. The summed E-state index contributed by atoms with van der Waals surface area (Å²) in [7, 11) is -22.7. The summed E-state index contributed by atoms with van der Waals surface area (Å²) >= 11 is 0. The quantitative estimate of drug-likeness (QED) is 0.0914. The maximum absolute atomic E-state index is 14.5. The third kappa shape index (κ3) is 12.5. The van der Waals surface area contributed by atoms with Crippen molar-refractivity contribution in [2.24, 2.45) is 0 Å². The average Bonchev–Trinajstić information content (AvgIpc) is 3.19. The summed E-state index contributed by atoms with van der Waals surface area (Å²) in [5.74, 6) is 0. The molecule has 0 spiro atoms. The van der Waals surface area contributed by atoms with E-state index >= 15 is 0 Å². The second kappa shape index (κ2) is 19.8. The molecule has 0 bridgehead atoms.